The number of para-hydroxylation sites is 1. The summed E-state index contributed by atoms with van der Waals surface area (Å²) in [6.45, 7) is 2.06. The van der Waals surface area contributed by atoms with Gasteiger partial charge in [-0.2, -0.15) is 5.10 Å². The van der Waals surface area contributed by atoms with E-state index in [0.29, 0.717) is 6.04 Å². The lowest BCUT2D eigenvalue weighted by atomic mass is 9.99. The van der Waals surface area contributed by atoms with E-state index in [0.717, 1.165) is 12.2 Å². The quantitative estimate of drug-likeness (QED) is 0.790. The summed E-state index contributed by atoms with van der Waals surface area (Å²) < 4.78 is 5.93. The topological polar surface area (TPSA) is 24.8 Å². The molecule has 2 aliphatic heterocycles. The van der Waals surface area contributed by atoms with Crippen LogP contribution in [0.25, 0.3) is 0 Å². The van der Waals surface area contributed by atoms with Crippen molar-refractivity contribution in [1.82, 2.24) is 5.01 Å². The van der Waals surface area contributed by atoms with E-state index in [2.05, 4.69) is 41.6 Å². The fraction of sp³-hybridized carbons (Fsp3) is 0.267. The van der Waals surface area contributed by atoms with Gasteiger partial charge in [-0.25, -0.2) is 0 Å². The van der Waals surface area contributed by atoms with Gasteiger partial charge in [-0.15, -0.1) is 11.3 Å². The highest BCUT2D eigenvalue weighted by Crippen LogP contribution is 2.42. The molecule has 2 aliphatic rings. The van der Waals surface area contributed by atoms with Gasteiger partial charge in [-0.05, 0) is 24.4 Å². The van der Waals surface area contributed by atoms with Crippen LogP contribution in [-0.4, -0.2) is 16.9 Å². The Hall–Kier alpha value is -1.81. The molecule has 0 bridgehead atoms. The lowest BCUT2D eigenvalue weighted by Gasteiger charge is -2.36. The minimum Gasteiger partial charge on any atom is -0.469 e. The zero-order valence-electron chi connectivity index (χ0n) is 10.6. The van der Waals surface area contributed by atoms with Gasteiger partial charge in [-0.3, -0.25) is 5.01 Å². The predicted octanol–water partition coefficient (Wildman–Crippen LogP) is 3.64. The van der Waals surface area contributed by atoms with E-state index < -0.39 is 0 Å². The SMILES string of the molecule is C[C@@H]1Oc2ccccc2[C@@H]2CC(c3cccs3)=NN12. The Bertz CT molecular complexity index is 635. The molecule has 4 rings (SSSR count). The van der Waals surface area contributed by atoms with E-state index in [1.807, 2.05) is 12.1 Å². The van der Waals surface area contributed by atoms with E-state index >= 15 is 0 Å². The largest absolute Gasteiger partial charge is 0.469 e. The van der Waals surface area contributed by atoms with Crippen LogP contribution in [0.15, 0.2) is 46.9 Å². The molecule has 1 aromatic heterocycles. The van der Waals surface area contributed by atoms with Crippen molar-refractivity contribution in [2.75, 3.05) is 0 Å². The Morgan fingerprint density at radius 3 is 3.00 bits per heavy atom. The van der Waals surface area contributed by atoms with Gasteiger partial charge in [-0.1, -0.05) is 24.3 Å². The van der Waals surface area contributed by atoms with E-state index in [9.17, 15) is 0 Å². The third-order valence-corrected chi connectivity index (χ3v) is 4.61. The standard InChI is InChI=1S/C15H14N2OS/c1-10-17-13(11-5-2-3-6-14(11)18-10)9-12(16-17)15-7-4-8-19-15/h2-8,10,13H,9H2,1H3/t10-,13-/m0/s1. The van der Waals surface area contributed by atoms with E-state index in [4.69, 9.17) is 9.84 Å². The van der Waals surface area contributed by atoms with Crippen LogP contribution in [0.2, 0.25) is 0 Å². The van der Waals surface area contributed by atoms with Crippen LogP contribution in [-0.2, 0) is 0 Å². The molecule has 2 atom stereocenters. The van der Waals surface area contributed by atoms with Gasteiger partial charge >= 0.3 is 0 Å². The molecule has 3 heterocycles. The average molecular weight is 270 g/mol. The van der Waals surface area contributed by atoms with Gasteiger partial charge in [0.25, 0.3) is 0 Å². The normalized spacial score (nSPS) is 24.5. The summed E-state index contributed by atoms with van der Waals surface area (Å²) in [5.74, 6) is 0.999. The first kappa shape index (κ1) is 11.1. The van der Waals surface area contributed by atoms with Crippen molar-refractivity contribution >= 4 is 17.0 Å². The van der Waals surface area contributed by atoms with Gasteiger partial charge in [0.2, 0.25) is 0 Å². The Balaban J connectivity index is 1.75. The van der Waals surface area contributed by atoms with E-state index in [1.54, 1.807) is 11.3 Å². The molecule has 0 unspecified atom stereocenters. The summed E-state index contributed by atoms with van der Waals surface area (Å²) in [5.41, 5.74) is 2.42. The monoisotopic (exact) mass is 270 g/mol. The smallest absolute Gasteiger partial charge is 0.185 e. The van der Waals surface area contributed by atoms with Gasteiger partial charge in [0.15, 0.2) is 6.23 Å². The number of fused-ring (bicyclic) bond motifs is 3. The van der Waals surface area contributed by atoms with Crippen LogP contribution >= 0.6 is 11.3 Å². The Morgan fingerprint density at radius 2 is 2.16 bits per heavy atom. The summed E-state index contributed by atoms with van der Waals surface area (Å²) in [7, 11) is 0. The number of hydrogen-bond acceptors (Lipinski definition) is 4. The molecular formula is C15H14N2OS. The Kier molecular flexibility index (Phi) is 2.38. The highest BCUT2D eigenvalue weighted by molar-refractivity contribution is 7.12. The lowest BCUT2D eigenvalue weighted by molar-refractivity contribution is -0.00334. The Morgan fingerprint density at radius 1 is 1.26 bits per heavy atom. The first-order valence-corrected chi connectivity index (χ1v) is 7.36. The number of nitrogens with zero attached hydrogens (tertiary/aromatic N) is 2. The number of thiophene rings is 1. The molecule has 96 valence electrons. The van der Waals surface area contributed by atoms with Gasteiger partial charge in [0.05, 0.1) is 16.6 Å². The summed E-state index contributed by atoms with van der Waals surface area (Å²) in [6.07, 6.45) is 0.961. The van der Waals surface area contributed by atoms with Crippen LogP contribution in [0, 0.1) is 0 Å². The van der Waals surface area contributed by atoms with Crippen LogP contribution in [0.5, 0.6) is 5.75 Å². The number of rotatable bonds is 1. The van der Waals surface area contributed by atoms with E-state index in [-0.39, 0.29) is 6.23 Å². The predicted molar refractivity (Wildman–Crippen MR) is 76.6 cm³/mol. The molecule has 4 heteroatoms. The van der Waals surface area contributed by atoms with Crippen molar-refractivity contribution in [3.8, 4) is 5.75 Å². The fourth-order valence-electron chi connectivity index (χ4n) is 2.81. The minimum atomic E-state index is -0.00244. The van der Waals surface area contributed by atoms with Crippen molar-refractivity contribution in [2.24, 2.45) is 5.10 Å². The zero-order valence-corrected chi connectivity index (χ0v) is 11.4. The second-order valence-corrected chi connectivity index (χ2v) is 5.83. The molecule has 0 aliphatic carbocycles. The maximum Gasteiger partial charge on any atom is 0.185 e. The van der Waals surface area contributed by atoms with Crippen molar-refractivity contribution in [2.45, 2.75) is 25.6 Å². The van der Waals surface area contributed by atoms with Gasteiger partial charge in [0.1, 0.15) is 5.75 Å². The Labute approximate surface area is 116 Å². The number of benzene rings is 1. The second kappa shape index (κ2) is 4.10. The molecule has 0 saturated carbocycles. The van der Waals surface area contributed by atoms with Crippen LogP contribution < -0.4 is 4.74 Å². The summed E-state index contributed by atoms with van der Waals surface area (Å²) >= 11 is 1.75. The van der Waals surface area contributed by atoms with E-state index in [1.165, 1.54) is 16.2 Å². The minimum absolute atomic E-state index is 0.00244. The molecular weight excluding hydrogens is 256 g/mol. The average Bonchev–Trinajstić information content (AvgIpc) is 3.08. The van der Waals surface area contributed by atoms with Crippen molar-refractivity contribution in [3.05, 3.63) is 52.2 Å². The molecule has 0 fully saturated rings. The maximum atomic E-state index is 5.93. The zero-order chi connectivity index (χ0) is 12.8. The molecule has 1 aromatic carbocycles. The highest BCUT2D eigenvalue weighted by atomic mass is 32.1. The summed E-state index contributed by atoms with van der Waals surface area (Å²) in [4.78, 5) is 1.26. The summed E-state index contributed by atoms with van der Waals surface area (Å²) in [6, 6.07) is 12.8. The third kappa shape index (κ3) is 1.67. The van der Waals surface area contributed by atoms with Crippen molar-refractivity contribution < 1.29 is 4.74 Å². The fourth-order valence-corrected chi connectivity index (χ4v) is 3.53. The van der Waals surface area contributed by atoms with Gasteiger partial charge < -0.3 is 4.74 Å². The molecule has 19 heavy (non-hydrogen) atoms. The molecule has 0 spiro atoms. The molecule has 0 amide bonds. The second-order valence-electron chi connectivity index (χ2n) is 4.88. The van der Waals surface area contributed by atoms with Crippen LogP contribution in [0.4, 0.5) is 0 Å². The lowest BCUT2D eigenvalue weighted by Crippen LogP contribution is -2.37. The van der Waals surface area contributed by atoms with Crippen molar-refractivity contribution in [1.29, 1.82) is 0 Å². The van der Waals surface area contributed by atoms with Crippen LogP contribution in [0.3, 0.4) is 0 Å². The maximum absolute atomic E-state index is 5.93. The van der Waals surface area contributed by atoms with Crippen molar-refractivity contribution in [3.63, 3.8) is 0 Å². The third-order valence-electron chi connectivity index (χ3n) is 3.70. The number of ether oxygens (including phenoxy) is 1. The molecule has 0 N–H and O–H groups in total. The van der Waals surface area contributed by atoms with Crippen LogP contribution in [0.1, 0.15) is 29.8 Å². The first-order valence-electron chi connectivity index (χ1n) is 6.48. The first-order chi connectivity index (χ1) is 9.33. The number of hydrogen-bond donors (Lipinski definition) is 0. The number of hydrazone groups is 1. The molecule has 0 radical (unpaired) electrons. The molecule has 2 aromatic rings. The highest BCUT2D eigenvalue weighted by Gasteiger charge is 2.38. The molecule has 0 saturated heterocycles. The van der Waals surface area contributed by atoms with Gasteiger partial charge in [0, 0.05) is 12.0 Å². The molecule has 3 nitrogen and oxygen atoms in total. The summed E-state index contributed by atoms with van der Waals surface area (Å²) in [5, 5.41) is 8.96.